The Morgan fingerprint density at radius 2 is 0.833 bits per heavy atom. The van der Waals surface area contributed by atoms with Crippen molar-refractivity contribution in [2.24, 2.45) is 0 Å². The SMILES string of the molecule is C=C(C)C(=O)O.C=CC(=O)OC(O)(O)C(O)(O)C(F)(F)C(F)(F)C(F)(F)C(F)(F)C(F)(F)C(F)(F)C(F)(F)C(F)(F)F. The van der Waals surface area contributed by atoms with Gasteiger partial charge < -0.3 is 30.3 Å². The number of alkyl halides is 17. The van der Waals surface area contributed by atoms with Gasteiger partial charge in [-0.25, -0.2) is 9.59 Å². The molecule has 25 heteroatoms. The van der Waals surface area contributed by atoms with Gasteiger partial charge in [-0.3, -0.25) is 0 Å². The molecule has 0 radical (unpaired) electrons. The third-order valence-electron chi connectivity index (χ3n) is 4.39. The molecule has 0 atom stereocenters. The van der Waals surface area contributed by atoms with Crippen LogP contribution in [0.5, 0.6) is 0 Å². The van der Waals surface area contributed by atoms with E-state index in [9.17, 15) is 84.2 Å². The molecule has 0 aromatic rings. The van der Waals surface area contributed by atoms with Crippen LogP contribution in [0.3, 0.4) is 0 Å². The van der Waals surface area contributed by atoms with Crippen molar-refractivity contribution in [2.75, 3.05) is 0 Å². The van der Waals surface area contributed by atoms with Crippen LogP contribution in [-0.4, -0.2) is 96.9 Å². The molecule has 0 fully saturated rings. The fraction of sp³-hybridized carbons (Fsp3) is 0.647. The van der Waals surface area contributed by atoms with Crippen molar-refractivity contribution in [1.29, 1.82) is 0 Å². The van der Waals surface area contributed by atoms with Gasteiger partial charge in [0.1, 0.15) is 0 Å². The predicted molar refractivity (Wildman–Crippen MR) is 93.8 cm³/mol. The predicted octanol–water partition coefficient (Wildman–Crippen LogP) is 3.69. The highest BCUT2D eigenvalue weighted by Gasteiger charge is 2.97. The van der Waals surface area contributed by atoms with Crippen molar-refractivity contribution in [3.8, 4) is 0 Å². The number of carbonyl (C=O) groups is 2. The molecule has 0 aliphatic rings. The summed E-state index contributed by atoms with van der Waals surface area (Å²) in [5, 5.41) is 43.2. The van der Waals surface area contributed by atoms with E-state index in [1.165, 1.54) is 6.92 Å². The maximum atomic E-state index is 13.8. The third-order valence-corrected chi connectivity index (χ3v) is 4.39. The first kappa shape index (κ1) is 41.2. The Balaban J connectivity index is 0. The van der Waals surface area contributed by atoms with Crippen molar-refractivity contribution in [3.05, 3.63) is 24.8 Å². The Bertz CT molecular complexity index is 1030. The van der Waals surface area contributed by atoms with E-state index in [0.717, 1.165) is 0 Å². The van der Waals surface area contributed by atoms with E-state index in [1.54, 1.807) is 0 Å². The van der Waals surface area contributed by atoms with Gasteiger partial charge >= 0.3 is 71.3 Å². The Labute approximate surface area is 218 Å². The molecule has 0 spiro atoms. The number of carboxylic acid groups (broad SMARTS) is 1. The van der Waals surface area contributed by atoms with E-state index in [-0.39, 0.29) is 11.6 Å². The van der Waals surface area contributed by atoms with Gasteiger partial charge in [0.2, 0.25) is 0 Å². The van der Waals surface area contributed by atoms with Crippen LogP contribution < -0.4 is 0 Å². The lowest BCUT2D eigenvalue weighted by Gasteiger charge is -2.46. The molecular formula is C17H13F17O8. The lowest BCUT2D eigenvalue weighted by Crippen LogP contribution is -2.79. The molecule has 5 N–H and O–H groups in total. The summed E-state index contributed by atoms with van der Waals surface area (Å²) in [5.41, 5.74) is 0.176. The molecule has 0 amide bonds. The standard InChI is InChI=1S/C13H7F17O6.C4H6O2/c1-2-3(31)36-13(34,35)11(32,33)9(24,25)7(20,21)5(16,17)4(14,15)6(18,19)8(22,23)10(26,27)12(28,29)30;1-3(2)4(5)6/h2,32-35H,1H2;1H2,2H3,(H,5,6). The summed E-state index contributed by atoms with van der Waals surface area (Å²) in [6.45, 7) is 6.99. The molecule has 0 rings (SSSR count). The summed E-state index contributed by atoms with van der Waals surface area (Å²) in [5.74, 6) is -77.4. The fourth-order valence-corrected chi connectivity index (χ4v) is 1.84. The summed E-state index contributed by atoms with van der Waals surface area (Å²) in [7, 11) is 0. The highest BCUT2D eigenvalue weighted by molar-refractivity contribution is 5.84. The van der Waals surface area contributed by atoms with Gasteiger partial charge in [0.25, 0.3) is 0 Å². The smallest absolute Gasteiger partial charge is 0.460 e. The number of hydrogen-bond donors (Lipinski definition) is 5. The number of aliphatic carboxylic acids is 1. The molecule has 0 aromatic carbocycles. The number of esters is 1. The number of hydrogen-bond acceptors (Lipinski definition) is 7. The van der Waals surface area contributed by atoms with Gasteiger partial charge in [-0.15, -0.1) is 0 Å². The van der Waals surface area contributed by atoms with Gasteiger partial charge in [0, 0.05) is 11.6 Å². The van der Waals surface area contributed by atoms with Crippen LogP contribution in [0.4, 0.5) is 74.6 Å². The summed E-state index contributed by atoms with van der Waals surface area (Å²) in [4.78, 5) is 20.3. The highest BCUT2D eigenvalue weighted by atomic mass is 19.4. The molecule has 0 heterocycles. The minimum atomic E-state index is -9.06. The molecule has 248 valence electrons. The monoisotopic (exact) mass is 668 g/mol. The Kier molecular flexibility index (Phi) is 11.1. The second-order valence-corrected chi connectivity index (χ2v) is 7.51. The average molecular weight is 668 g/mol. The number of halogens is 17. The minimum absolute atomic E-state index is 0.176. The maximum absolute atomic E-state index is 13.8. The Morgan fingerprint density at radius 3 is 1.05 bits per heavy atom. The third kappa shape index (κ3) is 6.08. The molecular weight excluding hydrogens is 655 g/mol. The van der Waals surface area contributed by atoms with Crippen molar-refractivity contribution < 1.29 is 114 Å². The van der Waals surface area contributed by atoms with E-state index in [0.29, 0.717) is 0 Å². The molecule has 42 heavy (non-hydrogen) atoms. The average Bonchev–Trinajstić information content (AvgIpc) is 2.77. The van der Waals surface area contributed by atoms with Crippen molar-refractivity contribution >= 4 is 11.9 Å². The Morgan fingerprint density at radius 1 is 0.595 bits per heavy atom. The van der Waals surface area contributed by atoms with E-state index in [1.807, 2.05) is 0 Å². The zero-order valence-corrected chi connectivity index (χ0v) is 19.4. The molecule has 0 unspecified atom stereocenters. The Hall–Kier alpha value is -2.93. The lowest BCUT2D eigenvalue weighted by atomic mass is 9.86. The topological polar surface area (TPSA) is 145 Å². The first-order chi connectivity index (χ1) is 17.8. The summed E-state index contributed by atoms with van der Waals surface area (Å²) < 4.78 is 226. The summed E-state index contributed by atoms with van der Waals surface area (Å²) >= 11 is 0. The molecule has 0 aliphatic heterocycles. The zero-order valence-electron chi connectivity index (χ0n) is 19.4. The van der Waals surface area contributed by atoms with E-state index in [2.05, 4.69) is 17.9 Å². The van der Waals surface area contributed by atoms with Gasteiger partial charge in [-0.05, 0) is 6.92 Å². The van der Waals surface area contributed by atoms with Crippen LogP contribution in [0.1, 0.15) is 6.92 Å². The van der Waals surface area contributed by atoms with Crippen LogP contribution >= 0.6 is 0 Å². The van der Waals surface area contributed by atoms with Gasteiger partial charge in [0.15, 0.2) is 0 Å². The van der Waals surface area contributed by atoms with E-state index < -0.39 is 71.3 Å². The first-order valence-corrected chi connectivity index (χ1v) is 9.20. The number of aliphatic hydroxyl groups is 4. The molecule has 0 aliphatic carbocycles. The van der Waals surface area contributed by atoms with Crippen LogP contribution in [-0.2, 0) is 14.3 Å². The quantitative estimate of drug-likeness (QED) is 0.0972. The van der Waals surface area contributed by atoms with Crippen LogP contribution in [0.2, 0.25) is 0 Å². The zero-order chi connectivity index (χ0) is 35.1. The van der Waals surface area contributed by atoms with Crippen LogP contribution in [0, 0.1) is 0 Å². The number of carbonyl (C=O) groups excluding carboxylic acids is 1. The maximum Gasteiger partial charge on any atom is 0.460 e. The van der Waals surface area contributed by atoms with Gasteiger partial charge in [-0.1, -0.05) is 13.2 Å². The van der Waals surface area contributed by atoms with E-state index in [4.69, 9.17) is 25.5 Å². The van der Waals surface area contributed by atoms with Crippen LogP contribution in [0.25, 0.3) is 0 Å². The molecule has 0 bridgehead atoms. The number of carboxylic acids is 1. The van der Waals surface area contributed by atoms with Crippen LogP contribution in [0.15, 0.2) is 24.8 Å². The molecule has 0 saturated carbocycles. The highest BCUT2D eigenvalue weighted by Crippen LogP contribution is 2.65. The minimum Gasteiger partial charge on any atom is -0.478 e. The summed E-state index contributed by atoms with van der Waals surface area (Å²) in [6.07, 6.45) is -8.29. The first-order valence-electron chi connectivity index (χ1n) is 9.20. The normalized spacial score (nSPS) is 14.9. The molecule has 8 nitrogen and oxygen atoms in total. The van der Waals surface area contributed by atoms with Gasteiger partial charge in [-0.2, -0.15) is 74.6 Å². The van der Waals surface area contributed by atoms with Crippen molar-refractivity contribution in [3.63, 3.8) is 0 Å². The van der Waals surface area contributed by atoms with Crippen molar-refractivity contribution in [1.82, 2.24) is 0 Å². The largest absolute Gasteiger partial charge is 0.478 e. The number of rotatable bonds is 11. The molecule has 0 saturated heterocycles. The second kappa shape index (κ2) is 11.3. The number of ether oxygens (including phenoxy) is 1. The second-order valence-electron chi connectivity index (χ2n) is 7.51. The lowest BCUT2D eigenvalue weighted by molar-refractivity contribution is -0.525. The summed E-state index contributed by atoms with van der Waals surface area (Å²) in [6, 6.07) is 0. The van der Waals surface area contributed by atoms with E-state index >= 15 is 0 Å². The molecule has 0 aromatic heterocycles. The fourth-order valence-electron chi connectivity index (χ4n) is 1.84. The van der Waals surface area contributed by atoms with Crippen molar-refractivity contribution in [2.45, 2.75) is 66.3 Å². The van der Waals surface area contributed by atoms with Gasteiger partial charge in [0.05, 0.1) is 0 Å².